The Balaban J connectivity index is 4.37. The van der Waals surface area contributed by atoms with E-state index < -0.39 is 11.4 Å². The van der Waals surface area contributed by atoms with Gasteiger partial charge in [-0.1, -0.05) is 34.6 Å². The zero-order valence-electron chi connectivity index (χ0n) is 13.3. The molecule has 0 radical (unpaired) electrons. The summed E-state index contributed by atoms with van der Waals surface area (Å²) in [6.07, 6.45) is 0. The van der Waals surface area contributed by atoms with Gasteiger partial charge >= 0.3 is 0 Å². The second-order valence-electron chi connectivity index (χ2n) is 7.32. The number of hydrogen-bond donors (Lipinski definition) is 1. The number of carboxylic acid groups (broad SMARTS) is 1. The smallest absolute Gasteiger partial charge is 0.226 e. The summed E-state index contributed by atoms with van der Waals surface area (Å²) < 4.78 is 0.290. The van der Waals surface area contributed by atoms with Crippen molar-refractivity contribution in [3.8, 4) is 0 Å². The maximum atomic E-state index is 12.2. The third-order valence-corrected chi connectivity index (χ3v) is 4.00. The molecular formula is C14H28N2O3. The van der Waals surface area contributed by atoms with Crippen molar-refractivity contribution in [1.82, 2.24) is 5.32 Å². The fourth-order valence-electron chi connectivity index (χ4n) is 1.46. The first-order valence-electron chi connectivity index (χ1n) is 6.60. The van der Waals surface area contributed by atoms with Gasteiger partial charge in [-0.25, -0.2) is 0 Å². The SMILES string of the molecule is CC(C)(C)C(C)(C)C(=O)NCC[N+](C)(C)CC(=O)[O-]. The van der Waals surface area contributed by atoms with Gasteiger partial charge < -0.3 is 19.7 Å². The van der Waals surface area contributed by atoms with Crippen LogP contribution in [-0.2, 0) is 9.59 Å². The van der Waals surface area contributed by atoms with E-state index in [1.165, 1.54) is 0 Å². The molecule has 0 atom stereocenters. The van der Waals surface area contributed by atoms with Crippen molar-refractivity contribution in [3.05, 3.63) is 0 Å². The molecule has 0 spiro atoms. The van der Waals surface area contributed by atoms with Crippen LogP contribution in [0.25, 0.3) is 0 Å². The molecule has 0 fully saturated rings. The maximum Gasteiger partial charge on any atom is 0.226 e. The van der Waals surface area contributed by atoms with Crippen molar-refractivity contribution >= 4 is 11.9 Å². The highest BCUT2D eigenvalue weighted by molar-refractivity contribution is 5.82. The van der Waals surface area contributed by atoms with Crippen molar-refractivity contribution in [3.63, 3.8) is 0 Å². The number of carbonyl (C=O) groups is 2. The Kier molecular flexibility index (Phi) is 5.56. The quantitative estimate of drug-likeness (QED) is 0.692. The number of carboxylic acids is 1. The maximum absolute atomic E-state index is 12.2. The largest absolute Gasteiger partial charge is 0.544 e. The van der Waals surface area contributed by atoms with Crippen LogP contribution >= 0.6 is 0 Å². The highest BCUT2D eigenvalue weighted by atomic mass is 16.4. The Morgan fingerprint density at radius 3 is 1.95 bits per heavy atom. The summed E-state index contributed by atoms with van der Waals surface area (Å²) in [7, 11) is 3.60. The second-order valence-corrected chi connectivity index (χ2v) is 7.32. The highest BCUT2D eigenvalue weighted by Crippen LogP contribution is 2.37. The van der Waals surface area contributed by atoms with Crippen LogP contribution in [0.1, 0.15) is 34.6 Å². The fraction of sp³-hybridized carbons (Fsp3) is 0.857. The normalized spacial score (nSPS) is 13.2. The Hall–Kier alpha value is -1.10. The van der Waals surface area contributed by atoms with E-state index >= 15 is 0 Å². The van der Waals surface area contributed by atoms with E-state index in [-0.39, 0.29) is 17.9 Å². The molecule has 0 saturated carbocycles. The molecule has 0 heterocycles. The van der Waals surface area contributed by atoms with E-state index in [9.17, 15) is 14.7 Å². The first-order chi connectivity index (χ1) is 8.29. The Morgan fingerprint density at radius 1 is 1.11 bits per heavy atom. The van der Waals surface area contributed by atoms with Crippen LogP contribution < -0.4 is 10.4 Å². The summed E-state index contributed by atoms with van der Waals surface area (Å²) in [5, 5.41) is 13.5. The van der Waals surface area contributed by atoms with Crippen molar-refractivity contribution in [2.45, 2.75) is 34.6 Å². The molecule has 19 heavy (non-hydrogen) atoms. The molecule has 112 valence electrons. The molecular weight excluding hydrogens is 244 g/mol. The summed E-state index contributed by atoms with van der Waals surface area (Å²) in [5.41, 5.74) is -0.606. The number of aliphatic carboxylic acids is 1. The van der Waals surface area contributed by atoms with Gasteiger partial charge in [0.25, 0.3) is 0 Å². The number of amides is 1. The van der Waals surface area contributed by atoms with Gasteiger partial charge in [0.2, 0.25) is 5.91 Å². The van der Waals surface area contributed by atoms with E-state index in [1.54, 1.807) is 14.1 Å². The van der Waals surface area contributed by atoms with Gasteiger partial charge in [-0.05, 0) is 5.41 Å². The lowest BCUT2D eigenvalue weighted by atomic mass is 9.69. The van der Waals surface area contributed by atoms with Crippen LogP contribution in [0.4, 0.5) is 0 Å². The number of nitrogens with one attached hydrogen (secondary N) is 1. The number of likely N-dealkylation sites (N-methyl/N-ethyl adjacent to an activating group) is 1. The minimum absolute atomic E-state index is 0.00606. The van der Waals surface area contributed by atoms with Gasteiger partial charge in [-0.3, -0.25) is 4.79 Å². The lowest BCUT2D eigenvalue weighted by molar-refractivity contribution is -0.883. The van der Waals surface area contributed by atoms with Crippen LogP contribution in [0.15, 0.2) is 0 Å². The predicted octanol–water partition coefficient (Wildman–Crippen LogP) is 0.00120. The van der Waals surface area contributed by atoms with E-state index in [0.29, 0.717) is 17.6 Å². The molecule has 0 aromatic heterocycles. The van der Waals surface area contributed by atoms with Crippen LogP contribution in [0.2, 0.25) is 0 Å². The molecule has 0 aliphatic rings. The molecule has 1 amide bonds. The first-order valence-corrected chi connectivity index (χ1v) is 6.60. The average molecular weight is 272 g/mol. The van der Waals surface area contributed by atoms with Crippen molar-refractivity contribution in [2.75, 3.05) is 33.7 Å². The lowest BCUT2D eigenvalue weighted by Gasteiger charge is -2.37. The number of rotatable bonds is 6. The van der Waals surface area contributed by atoms with Crippen molar-refractivity contribution < 1.29 is 19.2 Å². The van der Waals surface area contributed by atoms with E-state index in [2.05, 4.69) is 5.32 Å². The molecule has 5 nitrogen and oxygen atoms in total. The Labute approximate surface area is 116 Å². The molecule has 0 aromatic rings. The summed E-state index contributed by atoms with van der Waals surface area (Å²) >= 11 is 0. The summed E-state index contributed by atoms with van der Waals surface area (Å²) in [6.45, 7) is 10.9. The fourth-order valence-corrected chi connectivity index (χ4v) is 1.46. The molecule has 1 N–H and O–H groups in total. The third-order valence-electron chi connectivity index (χ3n) is 4.00. The summed E-state index contributed by atoms with van der Waals surface area (Å²) in [6, 6.07) is 0. The number of hydrogen-bond acceptors (Lipinski definition) is 3. The molecule has 5 heteroatoms. The lowest BCUT2D eigenvalue weighted by Crippen LogP contribution is -2.53. The van der Waals surface area contributed by atoms with Gasteiger partial charge in [0.05, 0.1) is 33.2 Å². The topological polar surface area (TPSA) is 69.2 Å². The van der Waals surface area contributed by atoms with E-state index in [1.807, 2.05) is 34.6 Å². The molecule has 0 aliphatic heterocycles. The van der Waals surface area contributed by atoms with Gasteiger partial charge in [0.15, 0.2) is 0 Å². The van der Waals surface area contributed by atoms with E-state index in [0.717, 1.165) is 0 Å². The van der Waals surface area contributed by atoms with E-state index in [4.69, 9.17) is 0 Å². The molecule has 0 saturated heterocycles. The molecule has 0 bridgehead atoms. The third kappa shape index (κ3) is 5.59. The Bertz CT molecular complexity index is 341. The van der Waals surface area contributed by atoms with Crippen molar-refractivity contribution in [1.29, 1.82) is 0 Å². The van der Waals surface area contributed by atoms with Crippen LogP contribution in [-0.4, -0.2) is 50.1 Å². The van der Waals surface area contributed by atoms with Gasteiger partial charge in [-0.15, -0.1) is 0 Å². The predicted molar refractivity (Wildman–Crippen MR) is 73.1 cm³/mol. The molecule has 0 unspecified atom stereocenters. The van der Waals surface area contributed by atoms with Crippen molar-refractivity contribution in [2.24, 2.45) is 10.8 Å². The molecule has 0 aromatic carbocycles. The van der Waals surface area contributed by atoms with Gasteiger partial charge in [-0.2, -0.15) is 0 Å². The number of quaternary nitrogens is 1. The summed E-state index contributed by atoms with van der Waals surface area (Å²) in [4.78, 5) is 22.8. The minimum atomic E-state index is -1.08. The van der Waals surface area contributed by atoms with Gasteiger partial charge in [0.1, 0.15) is 6.54 Å². The number of nitrogens with zero attached hydrogens (tertiary/aromatic N) is 1. The van der Waals surface area contributed by atoms with Crippen LogP contribution in [0.3, 0.4) is 0 Å². The Morgan fingerprint density at radius 2 is 1.58 bits per heavy atom. The molecule has 0 rings (SSSR count). The average Bonchev–Trinajstić information content (AvgIpc) is 2.12. The number of carbonyl (C=O) groups excluding carboxylic acids is 2. The van der Waals surface area contributed by atoms with Crippen LogP contribution in [0.5, 0.6) is 0 Å². The minimum Gasteiger partial charge on any atom is -0.544 e. The highest BCUT2D eigenvalue weighted by Gasteiger charge is 2.39. The second kappa shape index (κ2) is 5.90. The van der Waals surface area contributed by atoms with Gasteiger partial charge in [0, 0.05) is 5.41 Å². The monoisotopic (exact) mass is 272 g/mol. The zero-order chi connectivity index (χ0) is 15.5. The molecule has 0 aliphatic carbocycles. The first kappa shape index (κ1) is 17.9. The van der Waals surface area contributed by atoms with Crippen LogP contribution in [0, 0.1) is 10.8 Å². The summed E-state index contributed by atoms with van der Waals surface area (Å²) in [5.74, 6) is -1.08. The standard InChI is InChI=1S/C14H28N2O3/c1-13(2,3)14(4,5)12(19)15-8-9-16(6,7)10-11(17)18/h8-10H2,1-7H3,(H-,15,17,18,19). The zero-order valence-corrected chi connectivity index (χ0v) is 13.3.